The number of nitro benzene ring substituents is 1. The molecule has 0 aliphatic carbocycles. The Balaban J connectivity index is 1.51. The van der Waals surface area contributed by atoms with Gasteiger partial charge in [-0.3, -0.25) is 25.0 Å². The molecule has 1 fully saturated rings. The zero-order valence-corrected chi connectivity index (χ0v) is 15.8. The van der Waals surface area contributed by atoms with Gasteiger partial charge < -0.3 is 4.74 Å². The monoisotopic (exact) mass is 406 g/mol. The van der Waals surface area contributed by atoms with Gasteiger partial charge in [-0.2, -0.15) is 0 Å². The van der Waals surface area contributed by atoms with E-state index in [-0.39, 0.29) is 23.4 Å². The molecular formula is C21H14N2O5S. The normalized spacial score (nSPS) is 15.0. The van der Waals surface area contributed by atoms with Gasteiger partial charge in [0, 0.05) is 12.1 Å². The third-order valence-electron chi connectivity index (χ3n) is 4.30. The summed E-state index contributed by atoms with van der Waals surface area (Å²) < 4.78 is 5.77. The largest absolute Gasteiger partial charge is 0.489 e. The number of hydrogen-bond donors (Lipinski definition) is 1. The van der Waals surface area contributed by atoms with Crippen molar-refractivity contribution in [2.24, 2.45) is 0 Å². The molecule has 29 heavy (non-hydrogen) atoms. The topological polar surface area (TPSA) is 98.5 Å². The first-order chi connectivity index (χ1) is 14.0. The highest BCUT2D eigenvalue weighted by molar-refractivity contribution is 8.18. The lowest BCUT2D eigenvalue weighted by Gasteiger charge is -2.08. The van der Waals surface area contributed by atoms with Crippen LogP contribution in [0.4, 0.5) is 10.5 Å². The van der Waals surface area contributed by atoms with Gasteiger partial charge in [0.25, 0.3) is 16.8 Å². The number of carbonyl (C=O) groups is 2. The van der Waals surface area contributed by atoms with E-state index in [9.17, 15) is 19.7 Å². The van der Waals surface area contributed by atoms with Crippen molar-refractivity contribution < 1.29 is 19.2 Å². The van der Waals surface area contributed by atoms with Crippen LogP contribution in [0, 0.1) is 10.1 Å². The molecule has 0 atom stereocenters. The summed E-state index contributed by atoms with van der Waals surface area (Å²) in [6.07, 6.45) is 1.68. The minimum atomic E-state index is -0.434. The third kappa shape index (κ3) is 4.27. The molecule has 0 spiro atoms. The van der Waals surface area contributed by atoms with Crippen LogP contribution in [-0.2, 0) is 11.4 Å². The molecule has 0 aromatic heterocycles. The van der Waals surface area contributed by atoms with Gasteiger partial charge in [-0.25, -0.2) is 0 Å². The Morgan fingerprint density at radius 2 is 1.83 bits per heavy atom. The molecule has 1 saturated heterocycles. The number of hydrogen-bond acceptors (Lipinski definition) is 6. The molecule has 3 aromatic carbocycles. The molecule has 7 nitrogen and oxygen atoms in total. The number of fused-ring (bicyclic) bond motifs is 1. The smallest absolute Gasteiger partial charge is 0.290 e. The maximum Gasteiger partial charge on any atom is 0.290 e. The second kappa shape index (κ2) is 7.76. The van der Waals surface area contributed by atoms with Gasteiger partial charge in [0.15, 0.2) is 0 Å². The van der Waals surface area contributed by atoms with Crippen LogP contribution in [0.25, 0.3) is 16.8 Å². The highest BCUT2D eigenvalue weighted by Gasteiger charge is 2.24. The number of imide groups is 1. The number of nitro groups is 1. The molecule has 0 radical (unpaired) electrons. The van der Waals surface area contributed by atoms with Crippen molar-refractivity contribution in [3.05, 3.63) is 86.8 Å². The van der Waals surface area contributed by atoms with Crippen molar-refractivity contribution in [3.8, 4) is 5.75 Å². The van der Waals surface area contributed by atoms with Crippen LogP contribution in [-0.4, -0.2) is 16.1 Å². The molecule has 2 amide bonds. The SMILES string of the molecule is O=C1NC(=O)C(=Cc2ccc3cc(OCc4cccc([N+](=O)[O-])c4)ccc3c2)S1. The summed E-state index contributed by atoms with van der Waals surface area (Å²) in [5.41, 5.74) is 1.56. The van der Waals surface area contributed by atoms with E-state index in [0.29, 0.717) is 16.2 Å². The Morgan fingerprint density at radius 1 is 1.03 bits per heavy atom. The van der Waals surface area contributed by atoms with Gasteiger partial charge in [0.05, 0.1) is 9.83 Å². The standard InChI is InChI=1S/C21H14N2O5S/c24-20-19(29-21(25)22-20)10-13-4-5-16-11-18(7-6-15(16)8-13)28-12-14-2-1-3-17(9-14)23(26)27/h1-11H,12H2,(H,22,24,25). The number of carbonyl (C=O) groups excluding carboxylic acids is 2. The summed E-state index contributed by atoms with van der Waals surface area (Å²) in [4.78, 5) is 33.7. The van der Waals surface area contributed by atoms with Crippen LogP contribution < -0.4 is 10.1 Å². The minimum absolute atomic E-state index is 0.0297. The number of rotatable bonds is 5. The lowest BCUT2D eigenvalue weighted by molar-refractivity contribution is -0.384. The predicted octanol–water partition coefficient (Wildman–Crippen LogP) is 4.65. The van der Waals surface area contributed by atoms with Gasteiger partial charge in [0.1, 0.15) is 12.4 Å². The van der Waals surface area contributed by atoms with Crippen molar-refractivity contribution in [1.82, 2.24) is 5.32 Å². The van der Waals surface area contributed by atoms with E-state index in [1.807, 2.05) is 36.4 Å². The van der Waals surface area contributed by atoms with Crippen molar-refractivity contribution in [2.75, 3.05) is 0 Å². The van der Waals surface area contributed by atoms with Gasteiger partial charge in [0.2, 0.25) is 0 Å². The average Bonchev–Trinajstić information content (AvgIpc) is 3.03. The minimum Gasteiger partial charge on any atom is -0.489 e. The first-order valence-corrected chi connectivity index (χ1v) is 9.44. The van der Waals surface area contributed by atoms with E-state index in [2.05, 4.69) is 5.32 Å². The van der Waals surface area contributed by atoms with Gasteiger partial charge >= 0.3 is 0 Å². The van der Waals surface area contributed by atoms with Crippen LogP contribution in [0.15, 0.2) is 65.6 Å². The summed E-state index contributed by atoms with van der Waals surface area (Å²) in [7, 11) is 0. The average molecular weight is 406 g/mol. The first kappa shape index (κ1) is 18.7. The fourth-order valence-corrected chi connectivity index (χ4v) is 3.60. The van der Waals surface area contributed by atoms with Crippen LogP contribution in [0.1, 0.15) is 11.1 Å². The van der Waals surface area contributed by atoms with Gasteiger partial charge in [-0.1, -0.05) is 30.3 Å². The molecule has 1 heterocycles. The van der Waals surface area contributed by atoms with E-state index in [0.717, 1.165) is 28.1 Å². The zero-order valence-electron chi connectivity index (χ0n) is 15.0. The molecule has 8 heteroatoms. The van der Waals surface area contributed by atoms with Crippen LogP contribution >= 0.6 is 11.8 Å². The fourth-order valence-electron chi connectivity index (χ4n) is 2.92. The molecule has 0 saturated carbocycles. The van der Waals surface area contributed by atoms with Crippen LogP contribution in [0.2, 0.25) is 0 Å². The number of ether oxygens (including phenoxy) is 1. The predicted molar refractivity (Wildman–Crippen MR) is 110 cm³/mol. The van der Waals surface area contributed by atoms with E-state index >= 15 is 0 Å². The van der Waals surface area contributed by atoms with E-state index < -0.39 is 4.92 Å². The molecule has 4 rings (SSSR count). The maximum absolute atomic E-state index is 11.7. The number of amides is 2. The maximum atomic E-state index is 11.7. The van der Waals surface area contributed by atoms with E-state index in [4.69, 9.17) is 4.74 Å². The van der Waals surface area contributed by atoms with Crippen molar-refractivity contribution >= 4 is 45.4 Å². The fraction of sp³-hybridized carbons (Fsp3) is 0.0476. The van der Waals surface area contributed by atoms with E-state index in [1.165, 1.54) is 12.1 Å². The van der Waals surface area contributed by atoms with Crippen molar-refractivity contribution in [2.45, 2.75) is 6.61 Å². The molecule has 1 N–H and O–H groups in total. The lowest BCUT2D eigenvalue weighted by atomic mass is 10.1. The number of nitrogens with zero attached hydrogens (tertiary/aromatic N) is 1. The Kier molecular flexibility index (Phi) is 5.01. The summed E-state index contributed by atoms with van der Waals surface area (Å²) in [6, 6.07) is 17.6. The lowest BCUT2D eigenvalue weighted by Crippen LogP contribution is -2.17. The molecule has 1 aliphatic rings. The second-order valence-corrected chi connectivity index (χ2v) is 7.35. The summed E-state index contributed by atoms with van der Waals surface area (Å²) in [5, 5.41) is 14.6. The number of benzene rings is 3. The second-order valence-electron chi connectivity index (χ2n) is 6.34. The van der Waals surface area contributed by atoms with Gasteiger partial charge in [-0.15, -0.1) is 0 Å². The van der Waals surface area contributed by atoms with Crippen molar-refractivity contribution in [1.29, 1.82) is 0 Å². The zero-order chi connectivity index (χ0) is 20.4. The van der Waals surface area contributed by atoms with Crippen LogP contribution in [0.5, 0.6) is 5.75 Å². The Bertz CT molecular complexity index is 1190. The number of nitrogens with one attached hydrogen (secondary N) is 1. The van der Waals surface area contributed by atoms with Crippen molar-refractivity contribution in [3.63, 3.8) is 0 Å². The number of non-ortho nitro benzene ring substituents is 1. The third-order valence-corrected chi connectivity index (χ3v) is 5.11. The summed E-state index contributed by atoms with van der Waals surface area (Å²) in [6.45, 7) is 0.220. The van der Waals surface area contributed by atoms with Crippen LogP contribution in [0.3, 0.4) is 0 Å². The highest BCUT2D eigenvalue weighted by atomic mass is 32.2. The number of thioether (sulfide) groups is 1. The molecular weight excluding hydrogens is 392 g/mol. The summed E-state index contributed by atoms with van der Waals surface area (Å²) in [5.74, 6) is 0.261. The Hall–Kier alpha value is -3.65. The Labute approximate surface area is 169 Å². The molecule has 3 aromatic rings. The summed E-state index contributed by atoms with van der Waals surface area (Å²) >= 11 is 0.883. The highest BCUT2D eigenvalue weighted by Crippen LogP contribution is 2.28. The van der Waals surface area contributed by atoms with E-state index in [1.54, 1.807) is 18.2 Å². The van der Waals surface area contributed by atoms with Gasteiger partial charge in [-0.05, 0) is 57.9 Å². The molecule has 0 unspecified atom stereocenters. The molecule has 144 valence electrons. The molecule has 1 aliphatic heterocycles. The first-order valence-electron chi connectivity index (χ1n) is 8.63. The molecule has 0 bridgehead atoms. The quantitative estimate of drug-likeness (QED) is 0.376. The Morgan fingerprint density at radius 3 is 2.59 bits per heavy atom.